The molecule has 2 heteroatoms. The van der Waals surface area contributed by atoms with Gasteiger partial charge in [0.15, 0.2) is 5.78 Å². The maximum absolute atomic E-state index is 12.1. The lowest BCUT2D eigenvalue weighted by atomic mass is 9.93. The second-order valence-corrected chi connectivity index (χ2v) is 4.89. The van der Waals surface area contributed by atoms with Crippen LogP contribution in [-0.4, -0.2) is 10.1 Å². The van der Waals surface area contributed by atoms with Gasteiger partial charge in [-0.3, -0.25) is 4.79 Å². The predicted molar refractivity (Wildman–Crippen MR) is 63.0 cm³/mol. The van der Waals surface area contributed by atoms with Crippen LogP contribution in [0.25, 0.3) is 0 Å². The first-order chi connectivity index (χ1) is 6.64. The van der Waals surface area contributed by atoms with Crippen LogP contribution in [0.1, 0.15) is 37.0 Å². The Kier molecular flexibility index (Phi) is 3.87. The molecule has 0 unspecified atom stereocenters. The normalized spacial score (nSPS) is 11.4. The number of benzene rings is 1. The van der Waals surface area contributed by atoms with E-state index in [4.69, 9.17) is 0 Å². The fourth-order valence-corrected chi connectivity index (χ4v) is 1.65. The summed E-state index contributed by atoms with van der Waals surface area (Å²) in [5.74, 6) is 0.183. The van der Waals surface area contributed by atoms with Crippen LogP contribution in [0.3, 0.4) is 0 Å². The van der Waals surface area contributed by atoms with Gasteiger partial charge in [0.2, 0.25) is 0 Å². The maximum atomic E-state index is 12.1. The van der Waals surface area contributed by atoms with Crippen molar-refractivity contribution in [2.75, 3.05) is 0 Å². The Morgan fingerprint density at radius 2 is 1.71 bits per heavy atom. The molecule has 0 N–H and O–H groups in total. The second-order valence-electron chi connectivity index (χ2n) is 3.37. The summed E-state index contributed by atoms with van der Waals surface area (Å²) >= 11 is 3.54. The van der Waals surface area contributed by atoms with Crippen molar-refractivity contribution in [3.63, 3.8) is 0 Å². The Labute approximate surface area is 93.7 Å². The molecule has 0 fully saturated rings. The van der Waals surface area contributed by atoms with Crippen LogP contribution >= 0.6 is 15.9 Å². The van der Waals surface area contributed by atoms with Gasteiger partial charge in [-0.15, -0.1) is 0 Å². The highest BCUT2D eigenvalue weighted by molar-refractivity contribution is 9.10. The van der Waals surface area contributed by atoms with Crippen LogP contribution in [0.2, 0.25) is 0 Å². The number of carbonyl (C=O) groups is 1. The lowest BCUT2D eigenvalue weighted by Gasteiger charge is -2.22. The SMILES string of the molecule is CCC(Br)(CC)C(=O)c1ccccc1. The molecule has 1 nitrogen and oxygen atoms in total. The molecule has 0 amide bonds. The molecule has 0 aliphatic heterocycles. The second kappa shape index (κ2) is 4.74. The zero-order valence-electron chi connectivity index (χ0n) is 8.59. The molecule has 1 rings (SSSR count). The van der Waals surface area contributed by atoms with Gasteiger partial charge in [-0.05, 0) is 12.8 Å². The summed E-state index contributed by atoms with van der Waals surface area (Å²) in [6, 6.07) is 9.44. The Morgan fingerprint density at radius 1 is 1.21 bits per heavy atom. The van der Waals surface area contributed by atoms with Gasteiger partial charge in [-0.1, -0.05) is 60.1 Å². The standard InChI is InChI=1S/C12H15BrO/c1-3-12(13,4-2)11(14)10-8-6-5-7-9-10/h5-9H,3-4H2,1-2H3. The summed E-state index contributed by atoms with van der Waals surface area (Å²) in [5.41, 5.74) is 0.785. The zero-order chi connectivity index (χ0) is 10.6. The Hall–Kier alpha value is -0.630. The van der Waals surface area contributed by atoms with E-state index in [0.717, 1.165) is 18.4 Å². The lowest BCUT2D eigenvalue weighted by molar-refractivity contribution is 0.0941. The molecule has 0 heterocycles. The molecular formula is C12H15BrO. The van der Waals surface area contributed by atoms with E-state index in [-0.39, 0.29) is 10.1 Å². The van der Waals surface area contributed by atoms with Crippen molar-refractivity contribution >= 4 is 21.7 Å². The fourth-order valence-electron chi connectivity index (χ4n) is 1.42. The third kappa shape index (κ3) is 2.24. The molecule has 0 aliphatic rings. The first-order valence-corrected chi connectivity index (χ1v) is 5.72. The van der Waals surface area contributed by atoms with E-state index >= 15 is 0 Å². The van der Waals surface area contributed by atoms with Gasteiger partial charge in [-0.25, -0.2) is 0 Å². The van der Waals surface area contributed by atoms with Crippen LogP contribution in [0.4, 0.5) is 0 Å². The summed E-state index contributed by atoms with van der Waals surface area (Å²) in [4.78, 5) is 12.1. The number of hydrogen-bond donors (Lipinski definition) is 0. The third-order valence-corrected chi connectivity index (χ3v) is 4.05. The topological polar surface area (TPSA) is 17.1 Å². The van der Waals surface area contributed by atoms with Crippen molar-refractivity contribution in [1.82, 2.24) is 0 Å². The molecule has 0 bridgehead atoms. The minimum absolute atomic E-state index is 0.183. The average Bonchev–Trinajstić information content (AvgIpc) is 2.28. The van der Waals surface area contributed by atoms with Gasteiger partial charge in [0.25, 0.3) is 0 Å². The molecule has 0 radical (unpaired) electrons. The largest absolute Gasteiger partial charge is 0.293 e. The minimum Gasteiger partial charge on any atom is -0.293 e. The Bertz CT molecular complexity index is 301. The summed E-state index contributed by atoms with van der Waals surface area (Å²) in [7, 11) is 0. The van der Waals surface area contributed by atoms with E-state index in [1.165, 1.54) is 0 Å². The Balaban J connectivity index is 2.95. The van der Waals surface area contributed by atoms with Crippen LogP contribution < -0.4 is 0 Å². The summed E-state index contributed by atoms with van der Waals surface area (Å²) < 4.78 is -0.381. The highest BCUT2D eigenvalue weighted by Gasteiger charge is 2.31. The molecule has 0 aliphatic carbocycles. The van der Waals surface area contributed by atoms with Crippen LogP contribution in [0.5, 0.6) is 0 Å². The lowest BCUT2D eigenvalue weighted by Crippen LogP contribution is -2.30. The number of Topliss-reactive ketones (excluding diaryl/α,β-unsaturated/α-hetero) is 1. The number of hydrogen-bond acceptors (Lipinski definition) is 1. The van der Waals surface area contributed by atoms with E-state index in [0.29, 0.717) is 0 Å². The number of rotatable bonds is 4. The van der Waals surface area contributed by atoms with Crippen molar-refractivity contribution < 1.29 is 4.79 Å². The van der Waals surface area contributed by atoms with E-state index < -0.39 is 0 Å². The molecule has 1 aromatic rings. The van der Waals surface area contributed by atoms with Gasteiger partial charge in [-0.2, -0.15) is 0 Å². The molecule has 0 spiro atoms. The van der Waals surface area contributed by atoms with Crippen molar-refractivity contribution in [3.8, 4) is 0 Å². The van der Waals surface area contributed by atoms with Crippen molar-refractivity contribution in [2.45, 2.75) is 31.0 Å². The highest BCUT2D eigenvalue weighted by Crippen LogP contribution is 2.30. The average molecular weight is 255 g/mol. The molecule has 76 valence electrons. The molecule has 0 saturated carbocycles. The molecule has 14 heavy (non-hydrogen) atoms. The number of carbonyl (C=O) groups excluding carboxylic acids is 1. The van der Waals surface area contributed by atoms with Gasteiger partial charge >= 0.3 is 0 Å². The molecule has 0 atom stereocenters. The summed E-state index contributed by atoms with van der Waals surface area (Å²) in [5, 5.41) is 0. The molecule has 0 saturated heterocycles. The fraction of sp³-hybridized carbons (Fsp3) is 0.417. The van der Waals surface area contributed by atoms with E-state index in [9.17, 15) is 4.79 Å². The minimum atomic E-state index is -0.381. The van der Waals surface area contributed by atoms with Crippen molar-refractivity contribution in [3.05, 3.63) is 35.9 Å². The van der Waals surface area contributed by atoms with E-state index in [1.807, 2.05) is 44.2 Å². The highest BCUT2D eigenvalue weighted by atomic mass is 79.9. The quantitative estimate of drug-likeness (QED) is 0.590. The predicted octanol–water partition coefficient (Wildman–Crippen LogP) is 3.82. The summed E-state index contributed by atoms with van der Waals surface area (Å²) in [6.07, 6.45) is 1.63. The van der Waals surface area contributed by atoms with Crippen molar-refractivity contribution in [2.24, 2.45) is 0 Å². The number of alkyl halides is 1. The van der Waals surface area contributed by atoms with E-state index in [1.54, 1.807) is 0 Å². The van der Waals surface area contributed by atoms with Gasteiger partial charge in [0, 0.05) is 5.56 Å². The Morgan fingerprint density at radius 3 is 2.14 bits per heavy atom. The first kappa shape index (κ1) is 11.4. The van der Waals surface area contributed by atoms with Crippen LogP contribution in [-0.2, 0) is 0 Å². The first-order valence-electron chi connectivity index (χ1n) is 4.93. The third-order valence-electron chi connectivity index (χ3n) is 2.56. The zero-order valence-corrected chi connectivity index (χ0v) is 10.2. The van der Waals surface area contributed by atoms with Crippen molar-refractivity contribution in [1.29, 1.82) is 0 Å². The van der Waals surface area contributed by atoms with Gasteiger partial charge < -0.3 is 0 Å². The smallest absolute Gasteiger partial charge is 0.179 e. The number of ketones is 1. The van der Waals surface area contributed by atoms with Gasteiger partial charge in [0.05, 0.1) is 4.32 Å². The number of halogens is 1. The molecular weight excluding hydrogens is 240 g/mol. The van der Waals surface area contributed by atoms with Crippen LogP contribution in [0, 0.1) is 0 Å². The van der Waals surface area contributed by atoms with Gasteiger partial charge in [0.1, 0.15) is 0 Å². The van der Waals surface area contributed by atoms with Crippen LogP contribution in [0.15, 0.2) is 30.3 Å². The molecule has 0 aromatic heterocycles. The maximum Gasteiger partial charge on any atom is 0.179 e. The van der Waals surface area contributed by atoms with E-state index in [2.05, 4.69) is 15.9 Å². The molecule has 1 aromatic carbocycles. The monoisotopic (exact) mass is 254 g/mol. The summed E-state index contributed by atoms with van der Waals surface area (Å²) in [6.45, 7) is 4.05.